The second kappa shape index (κ2) is 9.39. The molecule has 142 valence electrons. The number of nitrogens with zero attached hydrogens (tertiary/aromatic N) is 1. The number of carbonyl (C=O) groups excluding carboxylic acids is 2. The lowest BCUT2D eigenvalue weighted by Crippen LogP contribution is -2.25. The van der Waals surface area contributed by atoms with Crippen molar-refractivity contribution < 1.29 is 19.2 Å². The average Bonchev–Trinajstić information content (AvgIpc) is 2.63. The minimum absolute atomic E-state index is 0.268. The molecule has 0 saturated heterocycles. The molecule has 0 heterocycles. The first-order chi connectivity index (χ1) is 12.8. The molecule has 1 N–H and O–H groups in total. The Morgan fingerprint density at radius 1 is 1.07 bits per heavy atom. The minimum Gasteiger partial charge on any atom is -0.479 e. The molecule has 0 fully saturated rings. The van der Waals surface area contributed by atoms with Gasteiger partial charge in [0.2, 0.25) is 0 Å². The van der Waals surface area contributed by atoms with Crippen LogP contribution in [0.2, 0.25) is 10.0 Å². The summed E-state index contributed by atoms with van der Waals surface area (Å²) in [6.45, 7) is 4.96. The summed E-state index contributed by atoms with van der Waals surface area (Å²) in [6.07, 6.45) is -0.849. The van der Waals surface area contributed by atoms with Crippen molar-refractivity contribution in [2.75, 3.05) is 5.32 Å². The summed E-state index contributed by atoms with van der Waals surface area (Å²) in [5.74, 6) is -0.562. The van der Waals surface area contributed by atoms with Crippen molar-refractivity contribution in [3.8, 4) is 5.75 Å². The van der Waals surface area contributed by atoms with Crippen LogP contribution in [0.5, 0.6) is 5.75 Å². The number of anilines is 1. The maximum absolute atomic E-state index is 12.3. The molecule has 0 aliphatic carbocycles. The van der Waals surface area contributed by atoms with Crippen LogP contribution in [0.3, 0.4) is 0 Å². The van der Waals surface area contributed by atoms with Crippen LogP contribution in [-0.2, 0) is 9.63 Å². The Hall–Kier alpha value is -2.57. The van der Waals surface area contributed by atoms with Gasteiger partial charge in [0.05, 0.1) is 21.4 Å². The van der Waals surface area contributed by atoms with E-state index in [9.17, 15) is 9.59 Å². The van der Waals surface area contributed by atoms with Crippen LogP contribution in [0.4, 0.5) is 5.69 Å². The van der Waals surface area contributed by atoms with Gasteiger partial charge in [0.15, 0.2) is 6.10 Å². The highest BCUT2D eigenvalue weighted by Crippen LogP contribution is 2.29. The van der Waals surface area contributed by atoms with Gasteiger partial charge in [-0.15, -0.1) is 0 Å². The van der Waals surface area contributed by atoms with Gasteiger partial charge >= 0.3 is 5.97 Å². The van der Waals surface area contributed by atoms with E-state index in [2.05, 4.69) is 10.5 Å². The molecule has 2 aromatic rings. The predicted molar refractivity (Wildman–Crippen MR) is 106 cm³/mol. The molecule has 2 aromatic carbocycles. The molecule has 1 unspecified atom stereocenters. The van der Waals surface area contributed by atoms with Crippen molar-refractivity contribution in [3.63, 3.8) is 0 Å². The van der Waals surface area contributed by atoms with E-state index >= 15 is 0 Å². The Morgan fingerprint density at radius 2 is 1.74 bits per heavy atom. The molecule has 0 spiro atoms. The lowest BCUT2D eigenvalue weighted by molar-refractivity contribution is -0.151. The molecule has 8 heteroatoms. The van der Waals surface area contributed by atoms with Crippen molar-refractivity contribution in [2.45, 2.75) is 26.9 Å². The number of amides is 1. The van der Waals surface area contributed by atoms with Crippen LogP contribution in [0.15, 0.2) is 47.6 Å². The Morgan fingerprint density at radius 3 is 2.37 bits per heavy atom. The molecule has 27 heavy (non-hydrogen) atoms. The third kappa shape index (κ3) is 5.98. The van der Waals surface area contributed by atoms with E-state index in [-0.39, 0.29) is 10.9 Å². The molecule has 6 nitrogen and oxygen atoms in total. The van der Waals surface area contributed by atoms with Gasteiger partial charge in [0, 0.05) is 5.56 Å². The quantitative estimate of drug-likeness (QED) is 0.416. The van der Waals surface area contributed by atoms with Gasteiger partial charge in [-0.3, -0.25) is 4.79 Å². The molecule has 1 amide bonds. The zero-order valence-electron chi connectivity index (χ0n) is 15.0. The fourth-order valence-electron chi connectivity index (χ4n) is 1.94. The monoisotopic (exact) mass is 408 g/mol. The Kier molecular flexibility index (Phi) is 7.21. The van der Waals surface area contributed by atoms with Gasteiger partial charge in [-0.25, -0.2) is 4.79 Å². The Bertz CT molecular complexity index is 863. The second-order valence-corrected chi connectivity index (χ2v) is 6.57. The first-order valence-corrected chi connectivity index (χ1v) is 8.77. The normalized spacial score (nSPS) is 11.3. The summed E-state index contributed by atoms with van der Waals surface area (Å²) in [5, 5.41) is 6.90. The Labute approximate surface area is 167 Å². The van der Waals surface area contributed by atoms with Gasteiger partial charge in [-0.1, -0.05) is 34.4 Å². The average molecular weight is 409 g/mol. The van der Waals surface area contributed by atoms with E-state index < -0.39 is 12.1 Å². The number of ether oxygens (including phenoxy) is 1. The van der Waals surface area contributed by atoms with Gasteiger partial charge in [-0.2, -0.15) is 0 Å². The summed E-state index contributed by atoms with van der Waals surface area (Å²) >= 11 is 12.0. The van der Waals surface area contributed by atoms with Crippen LogP contribution in [0.1, 0.15) is 31.1 Å². The molecule has 0 bridgehead atoms. The summed E-state index contributed by atoms with van der Waals surface area (Å²) in [4.78, 5) is 28.8. The van der Waals surface area contributed by atoms with Gasteiger partial charge in [-0.05, 0) is 57.2 Å². The number of rotatable bonds is 6. The number of hydrogen-bond donors (Lipinski definition) is 1. The highest BCUT2D eigenvalue weighted by molar-refractivity contribution is 6.44. The SMILES string of the molecule is CC(C)=NOC(=O)C(C)Oc1ccc(C(=O)Nc2cccc(Cl)c2Cl)cc1. The van der Waals surface area contributed by atoms with E-state index in [4.69, 9.17) is 32.8 Å². The molecule has 2 rings (SSSR count). The second-order valence-electron chi connectivity index (χ2n) is 5.79. The standard InChI is InChI=1S/C19H18Cl2N2O4/c1-11(2)23-27-19(25)12(3)26-14-9-7-13(8-10-14)18(24)22-16-6-4-5-15(20)17(16)21/h4-10,12H,1-3H3,(H,22,24). The highest BCUT2D eigenvalue weighted by atomic mass is 35.5. The zero-order valence-corrected chi connectivity index (χ0v) is 16.5. The first kappa shape index (κ1) is 20.7. The van der Waals surface area contributed by atoms with Crippen molar-refractivity contribution in [2.24, 2.45) is 5.16 Å². The van der Waals surface area contributed by atoms with Crippen LogP contribution in [0.25, 0.3) is 0 Å². The van der Waals surface area contributed by atoms with Crippen LogP contribution in [0, 0.1) is 0 Å². The fraction of sp³-hybridized carbons (Fsp3) is 0.211. The smallest absolute Gasteiger partial charge is 0.374 e. The summed E-state index contributed by atoms with van der Waals surface area (Å²) in [7, 11) is 0. The van der Waals surface area contributed by atoms with E-state index in [1.54, 1.807) is 63.2 Å². The number of benzene rings is 2. The molecule has 0 aliphatic rings. The van der Waals surface area contributed by atoms with Crippen molar-refractivity contribution >= 4 is 46.5 Å². The maximum Gasteiger partial charge on any atom is 0.374 e. The van der Waals surface area contributed by atoms with Gasteiger partial charge < -0.3 is 14.9 Å². The molecule has 0 saturated carbocycles. The van der Waals surface area contributed by atoms with Crippen LogP contribution < -0.4 is 10.1 Å². The first-order valence-electron chi connectivity index (χ1n) is 8.02. The molecule has 0 radical (unpaired) electrons. The number of hydrogen-bond acceptors (Lipinski definition) is 5. The largest absolute Gasteiger partial charge is 0.479 e. The predicted octanol–water partition coefficient (Wildman–Crippen LogP) is 4.95. The van der Waals surface area contributed by atoms with E-state index in [1.807, 2.05) is 0 Å². The molecular weight excluding hydrogens is 391 g/mol. The molecule has 1 atom stereocenters. The van der Waals surface area contributed by atoms with Crippen molar-refractivity contribution in [1.29, 1.82) is 0 Å². The number of carbonyl (C=O) groups is 2. The van der Waals surface area contributed by atoms with Crippen molar-refractivity contribution in [3.05, 3.63) is 58.1 Å². The van der Waals surface area contributed by atoms with Gasteiger partial charge in [0.1, 0.15) is 5.75 Å². The fourth-order valence-corrected chi connectivity index (χ4v) is 2.29. The summed E-state index contributed by atoms with van der Waals surface area (Å²) in [5.41, 5.74) is 1.42. The lowest BCUT2D eigenvalue weighted by atomic mass is 10.2. The zero-order chi connectivity index (χ0) is 20.0. The third-order valence-electron chi connectivity index (χ3n) is 3.28. The molecule has 0 aromatic heterocycles. The maximum atomic E-state index is 12.3. The van der Waals surface area contributed by atoms with Gasteiger partial charge in [0.25, 0.3) is 5.91 Å². The topological polar surface area (TPSA) is 77.0 Å². The summed E-state index contributed by atoms with van der Waals surface area (Å²) < 4.78 is 5.48. The number of nitrogens with one attached hydrogen (secondary N) is 1. The Balaban J connectivity index is 2.00. The minimum atomic E-state index is -0.849. The molecule has 0 aliphatic heterocycles. The van der Waals surface area contributed by atoms with E-state index in [1.165, 1.54) is 0 Å². The number of oxime groups is 1. The molecular formula is C19H18Cl2N2O4. The highest BCUT2D eigenvalue weighted by Gasteiger charge is 2.17. The van der Waals surface area contributed by atoms with Crippen LogP contribution >= 0.6 is 23.2 Å². The van der Waals surface area contributed by atoms with E-state index in [0.29, 0.717) is 27.7 Å². The lowest BCUT2D eigenvalue weighted by Gasteiger charge is -2.12. The third-order valence-corrected chi connectivity index (χ3v) is 4.10. The van der Waals surface area contributed by atoms with Crippen LogP contribution in [-0.4, -0.2) is 23.7 Å². The summed E-state index contributed by atoms with van der Waals surface area (Å²) in [6, 6.07) is 11.2. The van der Waals surface area contributed by atoms with E-state index in [0.717, 1.165) is 0 Å². The number of halogens is 2. The van der Waals surface area contributed by atoms with Crippen molar-refractivity contribution in [1.82, 2.24) is 0 Å².